The highest BCUT2D eigenvalue weighted by molar-refractivity contribution is 6.20. The van der Waals surface area contributed by atoms with E-state index in [-0.39, 0.29) is 6.61 Å². The largest absolute Gasteiger partial charge is 0.465 e. The van der Waals surface area contributed by atoms with Crippen LogP contribution in [0.4, 0.5) is 24.5 Å². The molecule has 0 heterocycles. The van der Waals surface area contributed by atoms with Crippen molar-refractivity contribution in [2.24, 2.45) is 10.9 Å². The van der Waals surface area contributed by atoms with E-state index in [4.69, 9.17) is 4.74 Å². The van der Waals surface area contributed by atoms with Crippen LogP contribution in [0.5, 0.6) is 0 Å². The number of carbonyl (C=O) groups is 2. The Hall–Kier alpha value is -3.56. The van der Waals surface area contributed by atoms with Crippen molar-refractivity contribution in [3.8, 4) is 0 Å². The van der Waals surface area contributed by atoms with Gasteiger partial charge in [0.25, 0.3) is 0 Å². The van der Waals surface area contributed by atoms with E-state index >= 15 is 0 Å². The predicted molar refractivity (Wildman–Crippen MR) is 101 cm³/mol. The zero-order chi connectivity index (χ0) is 22.4. The fourth-order valence-corrected chi connectivity index (χ4v) is 2.52. The number of nitro groups is 1. The first kappa shape index (κ1) is 22.7. The molecule has 0 radical (unpaired) electrons. The molecule has 30 heavy (non-hydrogen) atoms. The summed E-state index contributed by atoms with van der Waals surface area (Å²) in [6.45, 7) is 2.42. The Kier molecular flexibility index (Phi) is 7.40. The first-order valence-corrected chi connectivity index (χ1v) is 8.82. The normalized spacial score (nSPS) is 12.0. The highest BCUT2D eigenvalue weighted by atomic mass is 19.2. The first-order valence-electron chi connectivity index (χ1n) is 8.82. The number of benzene rings is 2. The molecule has 2 aromatic carbocycles. The van der Waals surface area contributed by atoms with Gasteiger partial charge in [0.1, 0.15) is 11.4 Å². The molecule has 158 valence electrons. The van der Waals surface area contributed by atoms with E-state index in [1.54, 1.807) is 37.3 Å². The molecule has 0 spiro atoms. The highest BCUT2D eigenvalue weighted by Gasteiger charge is 2.39. The summed E-state index contributed by atoms with van der Waals surface area (Å²) >= 11 is 0. The summed E-state index contributed by atoms with van der Waals surface area (Å²) in [5.74, 6) is -9.96. The summed E-state index contributed by atoms with van der Waals surface area (Å²) in [5.41, 5.74) is -3.64. The van der Waals surface area contributed by atoms with E-state index in [1.165, 1.54) is 0 Å². The molecule has 2 rings (SSSR count). The second-order valence-electron chi connectivity index (χ2n) is 6.17. The van der Waals surface area contributed by atoms with Gasteiger partial charge in [-0.15, -0.1) is 0 Å². The van der Waals surface area contributed by atoms with Crippen molar-refractivity contribution in [2.75, 3.05) is 6.61 Å². The number of hydrogen-bond acceptors (Lipinski definition) is 6. The topological polar surface area (TPSA) is 98.9 Å². The van der Waals surface area contributed by atoms with Gasteiger partial charge in [0.2, 0.25) is 5.82 Å². The first-order chi connectivity index (χ1) is 14.2. The van der Waals surface area contributed by atoms with Gasteiger partial charge in [0.15, 0.2) is 17.5 Å². The predicted octanol–water partition coefficient (Wildman–Crippen LogP) is 4.48. The minimum absolute atomic E-state index is 0.0802. The monoisotopic (exact) mass is 422 g/mol. The van der Waals surface area contributed by atoms with Crippen molar-refractivity contribution in [3.63, 3.8) is 0 Å². The van der Waals surface area contributed by atoms with Crippen LogP contribution in [0.3, 0.4) is 0 Å². The fraction of sp³-hybridized carbons (Fsp3) is 0.250. The molecule has 1 atom stereocenters. The molecule has 0 saturated carbocycles. The molecule has 0 saturated heterocycles. The number of para-hydroxylation sites is 1. The van der Waals surface area contributed by atoms with Gasteiger partial charge in [-0.05, 0) is 25.5 Å². The van der Waals surface area contributed by atoms with Crippen LogP contribution in [-0.2, 0) is 9.53 Å². The summed E-state index contributed by atoms with van der Waals surface area (Å²) < 4.78 is 47.5. The molecule has 0 bridgehead atoms. The molecule has 0 aliphatic rings. The summed E-state index contributed by atoms with van der Waals surface area (Å²) in [5, 5.41) is 11.2. The standard InChI is InChI=1S/C20H17F3N2O5/c1-3-9-30-20(27)13(10-24-12-7-5-4-6-8-12)19(26)14-15(21)11(2)16(22)17(23)18(14)25(28)29/h4-8,10,13H,3,9H2,1-2H3. The second-order valence-corrected chi connectivity index (χ2v) is 6.17. The Labute approximate surface area is 169 Å². The zero-order valence-electron chi connectivity index (χ0n) is 16.0. The quantitative estimate of drug-likeness (QED) is 0.119. The zero-order valence-corrected chi connectivity index (χ0v) is 16.0. The van der Waals surface area contributed by atoms with Gasteiger partial charge in [-0.3, -0.25) is 24.7 Å². The van der Waals surface area contributed by atoms with Gasteiger partial charge in [-0.25, -0.2) is 8.78 Å². The maximum absolute atomic E-state index is 14.6. The fourth-order valence-electron chi connectivity index (χ4n) is 2.52. The van der Waals surface area contributed by atoms with Crippen LogP contribution < -0.4 is 0 Å². The molecule has 0 aliphatic heterocycles. The number of nitrogens with zero attached hydrogens (tertiary/aromatic N) is 2. The van der Waals surface area contributed by atoms with Gasteiger partial charge >= 0.3 is 11.7 Å². The number of aliphatic imine (C=N–C) groups is 1. The van der Waals surface area contributed by atoms with E-state index in [9.17, 15) is 32.9 Å². The molecule has 7 nitrogen and oxygen atoms in total. The SMILES string of the molecule is CCCOC(=O)C(C=Nc1ccccc1)C(=O)c1c(F)c(C)c(F)c(F)c1[N+](=O)[O-]. The van der Waals surface area contributed by atoms with Crippen molar-refractivity contribution >= 4 is 29.3 Å². The molecule has 1 unspecified atom stereocenters. The Balaban J connectivity index is 2.62. The van der Waals surface area contributed by atoms with E-state index < -0.39 is 56.9 Å². The van der Waals surface area contributed by atoms with Crippen LogP contribution >= 0.6 is 0 Å². The molecule has 0 fully saturated rings. The molecular formula is C20H17F3N2O5. The molecule has 0 N–H and O–H groups in total. The smallest absolute Gasteiger partial charge is 0.322 e. The van der Waals surface area contributed by atoms with Crippen LogP contribution in [0, 0.1) is 40.4 Å². The second kappa shape index (κ2) is 9.77. The molecule has 0 aliphatic carbocycles. The number of Topliss-reactive ketones (excluding diaryl/α,β-unsaturated/α-hetero) is 1. The molecular weight excluding hydrogens is 405 g/mol. The third-order valence-electron chi connectivity index (χ3n) is 4.06. The lowest BCUT2D eigenvalue weighted by Crippen LogP contribution is -2.30. The lowest BCUT2D eigenvalue weighted by molar-refractivity contribution is -0.388. The van der Waals surface area contributed by atoms with Crippen LogP contribution in [0.1, 0.15) is 29.3 Å². The third kappa shape index (κ3) is 4.70. The minimum Gasteiger partial charge on any atom is -0.465 e. The molecule has 10 heteroatoms. The van der Waals surface area contributed by atoms with E-state index in [0.29, 0.717) is 12.1 Å². The van der Waals surface area contributed by atoms with Crippen LogP contribution in [0.15, 0.2) is 35.3 Å². The summed E-state index contributed by atoms with van der Waals surface area (Å²) in [4.78, 5) is 39.0. The summed E-state index contributed by atoms with van der Waals surface area (Å²) in [7, 11) is 0. The number of hydrogen-bond donors (Lipinski definition) is 0. The lowest BCUT2D eigenvalue weighted by Gasteiger charge is -2.13. The summed E-state index contributed by atoms with van der Waals surface area (Å²) in [6.07, 6.45) is 1.23. The van der Waals surface area contributed by atoms with Crippen LogP contribution in [-0.4, -0.2) is 29.5 Å². The number of carbonyl (C=O) groups excluding carboxylic acids is 2. The Morgan fingerprint density at radius 2 is 1.80 bits per heavy atom. The van der Waals surface area contributed by atoms with Crippen molar-refractivity contribution in [3.05, 3.63) is 69.0 Å². The van der Waals surface area contributed by atoms with Crippen LogP contribution in [0.2, 0.25) is 0 Å². The van der Waals surface area contributed by atoms with Crippen LogP contribution in [0.25, 0.3) is 0 Å². The Morgan fingerprint density at radius 3 is 2.37 bits per heavy atom. The third-order valence-corrected chi connectivity index (χ3v) is 4.06. The van der Waals surface area contributed by atoms with Gasteiger partial charge in [-0.1, -0.05) is 25.1 Å². The van der Waals surface area contributed by atoms with E-state index in [1.807, 2.05) is 0 Å². The Bertz CT molecular complexity index is 1010. The van der Waals surface area contributed by atoms with Crippen molar-refractivity contribution in [1.82, 2.24) is 0 Å². The van der Waals surface area contributed by atoms with Crippen molar-refractivity contribution in [2.45, 2.75) is 20.3 Å². The summed E-state index contributed by atoms with van der Waals surface area (Å²) in [6, 6.07) is 8.03. The van der Waals surface area contributed by atoms with Gasteiger partial charge in [0.05, 0.1) is 17.2 Å². The number of ether oxygens (including phenoxy) is 1. The number of halogens is 3. The number of ketones is 1. The van der Waals surface area contributed by atoms with Gasteiger partial charge in [0, 0.05) is 11.8 Å². The lowest BCUT2D eigenvalue weighted by atomic mass is 9.94. The molecule has 0 amide bonds. The molecule has 2 aromatic rings. The van der Waals surface area contributed by atoms with Crippen molar-refractivity contribution < 1.29 is 32.4 Å². The minimum atomic E-state index is -2.00. The molecule has 0 aromatic heterocycles. The Morgan fingerprint density at radius 1 is 1.17 bits per heavy atom. The average molecular weight is 422 g/mol. The van der Waals surface area contributed by atoms with Crippen molar-refractivity contribution in [1.29, 1.82) is 0 Å². The van der Waals surface area contributed by atoms with E-state index in [2.05, 4.69) is 4.99 Å². The maximum Gasteiger partial charge on any atom is 0.322 e. The average Bonchev–Trinajstić information content (AvgIpc) is 2.73. The highest BCUT2D eigenvalue weighted by Crippen LogP contribution is 2.32. The number of nitro benzene ring substituents is 1. The van der Waals surface area contributed by atoms with E-state index in [0.717, 1.165) is 13.1 Å². The maximum atomic E-state index is 14.6. The number of esters is 1. The van der Waals surface area contributed by atoms with Gasteiger partial charge < -0.3 is 4.74 Å². The number of rotatable bonds is 8. The van der Waals surface area contributed by atoms with Gasteiger partial charge in [-0.2, -0.15) is 4.39 Å².